The van der Waals surface area contributed by atoms with Gasteiger partial charge < -0.3 is 11.1 Å². The van der Waals surface area contributed by atoms with E-state index in [0.717, 1.165) is 42.5 Å². The van der Waals surface area contributed by atoms with Crippen LogP contribution in [0.5, 0.6) is 0 Å². The van der Waals surface area contributed by atoms with Gasteiger partial charge >= 0.3 is 0 Å². The van der Waals surface area contributed by atoms with Crippen LogP contribution < -0.4 is 11.1 Å². The zero-order valence-corrected chi connectivity index (χ0v) is 10.3. The summed E-state index contributed by atoms with van der Waals surface area (Å²) in [6.07, 6.45) is 6.12. The first-order valence-electron chi connectivity index (χ1n) is 6.27. The van der Waals surface area contributed by atoms with Gasteiger partial charge in [-0.1, -0.05) is 26.2 Å². The highest BCUT2D eigenvalue weighted by molar-refractivity contribution is 5.65. The van der Waals surface area contributed by atoms with Crippen LogP contribution in [0, 0.1) is 5.92 Å². The van der Waals surface area contributed by atoms with E-state index >= 15 is 0 Å². The zero-order chi connectivity index (χ0) is 11.5. The van der Waals surface area contributed by atoms with Crippen molar-refractivity contribution >= 4 is 11.5 Å². The molecule has 0 saturated heterocycles. The van der Waals surface area contributed by atoms with Gasteiger partial charge in [-0.3, -0.25) is 4.68 Å². The average molecular weight is 222 g/mol. The lowest BCUT2D eigenvalue weighted by Crippen LogP contribution is -2.08. The van der Waals surface area contributed by atoms with Crippen molar-refractivity contribution in [3.8, 4) is 0 Å². The van der Waals surface area contributed by atoms with Gasteiger partial charge in [-0.05, 0) is 18.8 Å². The molecule has 2 rings (SSSR count). The van der Waals surface area contributed by atoms with Gasteiger partial charge in [0.2, 0.25) is 0 Å². The summed E-state index contributed by atoms with van der Waals surface area (Å²) >= 11 is 0. The summed E-state index contributed by atoms with van der Waals surface area (Å²) in [4.78, 5) is 0. The monoisotopic (exact) mass is 222 g/mol. The van der Waals surface area contributed by atoms with Crippen molar-refractivity contribution in [1.82, 2.24) is 9.78 Å². The van der Waals surface area contributed by atoms with Crippen LogP contribution >= 0.6 is 0 Å². The Labute approximate surface area is 97.2 Å². The smallest absolute Gasteiger partial charge is 0.147 e. The second-order valence-electron chi connectivity index (χ2n) is 4.74. The molecule has 16 heavy (non-hydrogen) atoms. The number of hydrogen-bond acceptors (Lipinski definition) is 3. The average Bonchev–Trinajstić information content (AvgIpc) is 3.02. The second kappa shape index (κ2) is 4.76. The topological polar surface area (TPSA) is 55.9 Å². The molecule has 0 radical (unpaired) electrons. The SMILES string of the molecule is CCCc1nn(C)c(NCCC2CC2)c1N. The first-order valence-corrected chi connectivity index (χ1v) is 6.27. The quantitative estimate of drug-likeness (QED) is 0.775. The number of nitrogens with two attached hydrogens (primary N) is 1. The Hall–Kier alpha value is -1.19. The van der Waals surface area contributed by atoms with E-state index in [2.05, 4.69) is 17.3 Å². The highest BCUT2D eigenvalue weighted by Gasteiger charge is 2.20. The Bertz CT molecular complexity index is 352. The summed E-state index contributed by atoms with van der Waals surface area (Å²) in [6, 6.07) is 0. The molecule has 1 aliphatic rings. The van der Waals surface area contributed by atoms with Crippen molar-refractivity contribution in [3.05, 3.63) is 5.69 Å². The minimum atomic E-state index is 0.833. The number of nitrogen functional groups attached to an aromatic ring is 1. The van der Waals surface area contributed by atoms with Gasteiger partial charge in [-0.25, -0.2) is 0 Å². The molecule has 0 aliphatic heterocycles. The van der Waals surface area contributed by atoms with Gasteiger partial charge in [-0.15, -0.1) is 0 Å². The first-order chi connectivity index (χ1) is 7.72. The largest absolute Gasteiger partial charge is 0.394 e. The predicted molar refractivity (Wildman–Crippen MR) is 67.4 cm³/mol. The summed E-state index contributed by atoms with van der Waals surface area (Å²) in [5.41, 5.74) is 7.94. The molecule has 0 bridgehead atoms. The summed E-state index contributed by atoms with van der Waals surface area (Å²) in [6.45, 7) is 3.16. The van der Waals surface area contributed by atoms with Crippen molar-refractivity contribution in [2.75, 3.05) is 17.6 Å². The highest BCUT2D eigenvalue weighted by Crippen LogP contribution is 2.32. The fourth-order valence-electron chi connectivity index (χ4n) is 2.03. The van der Waals surface area contributed by atoms with Crippen LogP contribution in [-0.4, -0.2) is 16.3 Å². The molecule has 4 nitrogen and oxygen atoms in total. The number of hydrogen-bond donors (Lipinski definition) is 2. The molecule has 1 fully saturated rings. The standard InChI is InChI=1S/C12H22N4/c1-3-4-10-11(13)12(16(2)15-10)14-8-7-9-5-6-9/h9,14H,3-8,13H2,1-2H3. The molecular weight excluding hydrogens is 200 g/mol. The zero-order valence-electron chi connectivity index (χ0n) is 10.3. The minimum absolute atomic E-state index is 0.833. The molecule has 0 aromatic carbocycles. The van der Waals surface area contributed by atoms with Crippen LogP contribution in [0.1, 0.15) is 38.3 Å². The molecule has 4 heteroatoms. The molecule has 1 aromatic rings. The molecule has 0 unspecified atom stereocenters. The van der Waals surface area contributed by atoms with Crippen LogP contribution in [-0.2, 0) is 13.5 Å². The lowest BCUT2D eigenvalue weighted by atomic mass is 10.2. The fourth-order valence-corrected chi connectivity index (χ4v) is 2.03. The predicted octanol–water partition coefficient (Wildman–Crippen LogP) is 2.17. The minimum Gasteiger partial charge on any atom is -0.394 e. The number of nitrogens with zero attached hydrogens (tertiary/aromatic N) is 2. The maximum atomic E-state index is 6.08. The Morgan fingerprint density at radius 3 is 2.88 bits per heavy atom. The van der Waals surface area contributed by atoms with Gasteiger partial charge in [0.25, 0.3) is 0 Å². The van der Waals surface area contributed by atoms with Crippen molar-refractivity contribution in [3.63, 3.8) is 0 Å². The van der Waals surface area contributed by atoms with E-state index in [-0.39, 0.29) is 0 Å². The number of aryl methyl sites for hydroxylation is 2. The molecule has 0 spiro atoms. The van der Waals surface area contributed by atoms with E-state index in [1.54, 1.807) is 0 Å². The van der Waals surface area contributed by atoms with Crippen LogP contribution in [0.15, 0.2) is 0 Å². The molecule has 3 N–H and O–H groups in total. The van der Waals surface area contributed by atoms with E-state index in [9.17, 15) is 0 Å². The summed E-state index contributed by atoms with van der Waals surface area (Å²) in [5, 5.41) is 7.85. The van der Waals surface area contributed by atoms with E-state index < -0.39 is 0 Å². The Balaban J connectivity index is 1.95. The van der Waals surface area contributed by atoms with Crippen LogP contribution in [0.4, 0.5) is 11.5 Å². The van der Waals surface area contributed by atoms with Crippen molar-refractivity contribution in [2.45, 2.75) is 39.0 Å². The van der Waals surface area contributed by atoms with Crippen LogP contribution in [0.25, 0.3) is 0 Å². The molecule has 0 amide bonds. The normalized spacial score (nSPS) is 15.4. The van der Waals surface area contributed by atoms with E-state index in [4.69, 9.17) is 5.73 Å². The maximum Gasteiger partial charge on any atom is 0.147 e. The van der Waals surface area contributed by atoms with Crippen LogP contribution in [0.3, 0.4) is 0 Å². The Kier molecular flexibility index (Phi) is 3.36. The van der Waals surface area contributed by atoms with Crippen molar-refractivity contribution in [2.24, 2.45) is 13.0 Å². The van der Waals surface area contributed by atoms with E-state index in [1.165, 1.54) is 19.3 Å². The molecule has 1 aliphatic carbocycles. The third-order valence-electron chi connectivity index (χ3n) is 3.19. The number of nitrogens with one attached hydrogen (secondary N) is 1. The highest BCUT2D eigenvalue weighted by atomic mass is 15.3. The Morgan fingerprint density at radius 2 is 2.25 bits per heavy atom. The number of aromatic nitrogens is 2. The third-order valence-corrected chi connectivity index (χ3v) is 3.19. The second-order valence-corrected chi connectivity index (χ2v) is 4.74. The number of rotatable bonds is 6. The first kappa shape index (κ1) is 11.3. The van der Waals surface area contributed by atoms with Crippen molar-refractivity contribution in [1.29, 1.82) is 0 Å². The summed E-state index contributed by atoms with van der Waals surface area (Å²) in [5.74, 6) is 1.95. The van der Waals surface area contributed by atoms with Crippen LogP contribution in [0.2, 0.25) is 0 Å². The van der Waals surface area contributed by atoms with E-state index in [0.29, 0.717) is 0 Å². The molecule has 0 atom stereocenters. The molecule has 90 valence electrons. The number of anilines is 2. The lowest BCUT2D eigenvalue weighted by Gasteiger charge is -2.06. The summed E-state index contributed by atoms with van der Waals surface area (Å²) < 4.78 is 1.87. The molecular formula is C12H22N4. The van der Waals surface area contributed by atoms with Gasteiger partial charge in [0.15, 0.2) is 0 Å². The molecule has 1 aromatic heterocycles. The van der Waals surface area contributed by atoms with E-state index in [1.807, 2.05) is 11.7 Å². The van der Waals surface area contributed by atoms with Gasteiger partial charge in [-0.2, -0.15) is 5.10 Å². The fraction of sp³-hybridized carbons (Fsp3) is 0.750. The molecule has 1 heterocycles. The van der Waals surface area contributed by atoms with Gasteiger partial charge in [0.05, 0.1) is 11.4 Å². The Morgan fingerprint density at radius 1 is 1.50 bits per heavy atom. The van der Waals surface area contributed by atoms with Gasteiger partial charge in [0.1, 0.15) is 5.82 Å². The maximum absolute atomic E-state index is 6.08. The van der Waals surface area contributed by atoms with Crippen molar-refractivity contribution < 1.29 is 0 Å². The third kappa shape index (κ3) is 2.49. The molecule has 1 saturated carbocycles. The summed E-state index contributed by atoms with van der Waals surface area (Å²) in [7, 11) is 1.95. The lowest BCUT2D eigenvalue weighted by molar-refractivity contribution is 0.719. The van der Waals surface area contributed by atoms with Gasteiger partial charge in [0, 0.05) is 13.6 Å².